The molecule has 0 amide bonds. The predicted octanol–water partition coefficient (Wildman–Crippen LogP) is 3.68. The van der Waals surface area contributed by atoms with Gasteiger partial charge in [-0.2, -0.15) is 0 Å². The fraction of sp³-hybridized carbons (Fsp3) is 0.900. The Bertz CT molecular complexity index is 114. The van der Waals surface area contributed by atoms with Crippen molar-refractivity contribution in [2.24, 2.45) is 17.8 Å². The van der Waals surface area contributed by atoms with E-state index in [1.165, 1.54) is 14.4 Å². The lowest BCUT2D eigenvalue weighted by atomic mass is 10.0. The molecule has 0 N–H and O–H groups in total. The summed E-state index contributed by atoms with van der Waals surface area (Å²) in [6.45, 7) is 11.4. The molecule has 1 unspecified atom stereocenters. The zero-order valence-corrected chi connectivity index (χ0v) is 9.36. The Kier molecular flexibility index (Phi) is 5.86. The first kappa shape index (κ1) is 11.2. The van der Waals surface area contributed by atoms with Gasteiger partial charge in [-0.25, -0.2) is 0 Å². The van der Waals surface area contributed by atoms with Crippen LogP contribution in [0.4, 0.5) is 0 Å². The van der Waals surface area contributed by atoms with Gasteiger partial charge >= 0.3 is 0 Å². The third kappa shape index (κ3) is 6.56. The number of hydrogen-bond donors (Lipinski definition) is 0. The minimum atomic E-state index is 0.746. The van der Waals surface area contributed by atoms with Crippen LogP contribution in [0.3, 0.4) is 0 Å². The van der Waals surface area contributed by atoms with Crippen molar-refractivity contribution in [1.29, 1.82) is 0 Å². The maximum Gasteiger partial charge on any atom is -0.00811 e. The van der Waals surface area contributed by atoms with Gasteiger partial charge in [0.1, 0.15) is 0 Å². The van der Waals surface area contributed by atoms with Crippen molar-refractivity contribution in [3.05, 3.63) is 0 Å². The van der Waals surface area contributed by atoms with Crippen LogP contribution >= 0.6 is 8.20 Å². The molecule has 0 radical (unpaired) electrons. The number of rotatable bonds is 4. The lowest BCUT2D eigenvalue weighted by Gasteiger charge is -2.11. The van der Waals surface area contributed by atoms with Crippen molar-refractivity contribution < 1.29 is 0 Å². The summed E-state index contributed by atoms with van der Waals surface area (Å²) in [4.78, 5) is 0. The molecule has 0 aromatic carbocycles. The molecule has 0 saturated carbocycles. The maximum absolute atomic E-state index is 2.39. The summed E-state index contributed by atoms with van der Waals surface area (Å²) in [6, 6.07) is 0. The van der Waals surface area contributed by atoms with E-state index in [1.54, 1.807) is 0 Å². The lowest BCUT2D eigenvalue weighted by molar-refractivity contribution is 0.464. The summed E-state index contributed by atoms with van der Waals surface area (Å²) in [5.74, 6) is 4.84. The molecule has 0 rings (SSSR count). The smallest absolute Gasteiger partial charge is 0.00811 e. The second-order valence-electron chi connectivity index (χ2n) is 3.98. The second-order valence-corrected chi connectivity index (χ2v) is 5.01. The Morgan fingerprint density at radius 2 is 1.64 bits per heavy atom. The van der Waals surface area contributed by atoms with E-state index in [1.807, 2.05) is 0 Å². The summed E-state index contributed by atoms with van der Waals surface area (Å²) in [5, 5.41) is 0. The first-order valence-electron chi connectivity index (χ1n) is 4.54. The van der Waals surface area contributed by atoms with Crippen LogP contribution in [0.1, 0.15) is 34.6 Å². The van der Waals surface area contributed by atoms with Crippen molar-refractivity contribution >= 4 is 14.0 Å². The Hall–Kier alpha value is 0.170. The van der Waals surface area contributed by atoms with Gasteiger partial charge < -0.3 is 0 Å². The first-order valence-corrected chi connectivity index (χ1v) is 5.68. The van der Waals surface area contributed by atoms with Crippen molar-refractivity contribution in [1.82, 2.24) is 0 Å². The average molecular weight is 172 g/mol. The van der Waals surface area contributed by atoms with Gasteiger partial charge in [0, 0.05) is 0 Å². The van der Waals surface area contributed by atoms with Gasteiger partial charge in [0.05, 0.1) is 0 Å². The molecule has 11 heavy (non-hydrogen) atoms. The Morgan fingerprint density at radius 1 is 1.09 bits per heavy atom. The highest BCUT2D eigenvalue weighted by molar-refractivity contribution is 7.38. The highest BCUT2D eigenvalue weighted by Gasteiger charge is 2.03. The van der Waals surface area contributed by atoms with E-state index in [-0.39, 0.29) is 0 Å². The standard InChI is InChI=1S/C10H21P/c1-8(2)6-11-7-10(5)9(3)4/h6,8-10H,7H2,1-5H3. The van der Waals surface area contributed by atoms with E-state index in [0.29, 0.717) is 0 Å². The van der Waals surface area contributed by atoms with Crippen LogP contribution in [0.5, 0.6) is 0 Å². The second kappa shape index (κ2) is 5.77. The molecule has 66 valence electrons. The largest absolute Gasteiger partial charge is 0.108 e. The normalized spacial score (nSPS) is 15.2. The fourth-order valence-electron chi connectivity index (χ4n) is 0.649. The molecule has 0 aliphatic heterocycles. The quantitative estimate of drug-likeness (QED) is 0.567. The van der Waals surface area contributed by atoms with Crippen LogP contribution in [0.25, 0.3) is 0 Å². The van der Waals surface area contributed by atoms with E-state index in [2.05, 4.69) is 40.4 Å². The molecule has 1 atom stereocenters. The molecular formula is C10H21P. The molecule has 0 bridgehead atoms. The van der Waals surface area contributed by atoms with E-state index in [9.17, 15) is 0 Å². The minimum absolute atomic E-state index is 0.746. The SMILES string of the molecule is CC(C)/C=P\CC(C)C(C)C. The molecule has 0 aliphatic rings. The topological polar surface area (TPSA) is 0 Å². The minimum Gasteiger partial charge on any atom is -0.108 e. The molecule has 0 aliphatic carbocycles. The molecule has 0 aromatic heterocycles. The molecular weight excluding hydrogens is 151 g/mol. The summed E-state index contributed by atoms with van der Waals surface area (Å²) < 4.78 is 0. The third-order valence-corrected chi connectivity index (χ3v) is 3.53. The monoisotopic (exact) mass is 172 g/mol. The zero-order chi connectivity index (χ0) is 8.85. The van der Waals surface area contributed by atoms with Crippen molar-refractivity contribution in [2.75, 3.05) is 6.16 Å². The van der Waals surface area contributed by atoms with Gasteiger partial charge in [-0.3, -0.25) is 0 Å². The van der Waals surface area contributed by atoms with Gasteiger partial charge in [0.15, 0.2) is 0 Å². The number of hydrogen-bond acceptors (Lipinski definition) is 0. The molecule has 0 aromatic rings. The average Bonchev–Trinajstić information content (AvgIpc) is 1.86. The van der Waals surface area contributed by atoms with Gasteiger partial charge in [0.25, 0.3) is 0 Å². The molecule has 0 saturated heterocycles. The van der Waals surface area contributed by atoms with Crippen molar-refractivity contribution in [2.45, 2.75) is 34.6 Å². The Labute approximate surface area is 73.2 Å². The molecule has 1 heteroatoms. The van der Waals surface area contributed by atoms with Crippen LogP contribution in [-0.4, -0.2) is 12.0 Å². The van der Waals surface area contributed by atoms with Crippen molar-refractivity contribution in [3.63, 3.8) is 0 Å². The highest BCUT2D eigenvalue weighted by atomic mass is 31.1. The van der Waals surface area contributed by atoms with Crippen LogP contribution < -0.4 is 0 Å². The summed E-state index contributed by atoms with van der Waals surface area (Å²) in [6.07, 6.45) is 1.33. The summed E-state index contributed by atoms with van der Waals surface area (Å²) >= 11 is 0. The van der Waals surface area contributed by atoms with E-state index >= 15 is 0 Å². The van der Waals surface area contributed by atoms with Crippen LogP contribution in [0.2, 0.25) is 0 Å². The van der Waals surface area contributed by atoms with Crippen LogP contribution in [-0.2, 0) is 0 Å². The summed E-state index contributed by atoms with van der Waals surface area (Å²) in [5.41, 5.74) is 0. The predicted molar refractivity (Wildman–Crippen MR) is 56.7 cm³/mol. The highest BCUT2D eigenvalue weighted by Crippen LogP contribution is 2.15. The zero-order valence-electron chi connectivity index (χ0n) is 8.46. The van der Waals surface area contributed by atoms with E-state index in [0.717, 1.165) is 17.8 Å². The molecule has 0 heterocycles. The first-order chi connectivity index (χ1) is 5.04. The Balaban J connectivity index is 3.53. The van der Waals surface area contributed by atoms with E-state index in [4.69, 9.17) is 0 Å². The van der Waals surface area contributed by atoms with Gasteiger partial charge in [-0.15, -0.1) is 8.20 Å². The van der Waals surface area contributed by atoms with Crippen LogP contribution in [0, 0.1) is 17.8 Å². The Morgan fingerprint density at radius 3 is 2.00 bits per heavy atom. The van der Waals surface area contributed by atoms with Gasteiger partial charge in [-0.1, -0.05) is 40.4 Å². The molecule has 0 spiro atoms. The molecule has 0 fully saturated rings. The van der Waals surface area contributed by atoms with Crippen LogP contribution in [0.15, 0.2) is 0 Å². The molecule has 0 nitrogen and oxygen atoms in total. The third-order valence-electron chi connectivity index (χ3n) is 1.94. The fourth-order valence-corrected chi connectivity index (χ4v) is 1.95. The lowest BCUT2D eigenvalue weighted by Crippen LogP contribution is -2.04. The maximum atomic E-state index is 2.39. The van der Waals surface area contributed by atoms with E-state index < -0.39 is 0 Å². The van der Waals surface area contributed by atoms with Gasteiger partial charge in [0.2, 0.25) is 0 Å². The van der Waals surface area contributed by atoms with Gasteiger partial charge in [-0.05, 0) is 23.9 Å². The summed E-state index contributed by atoms with van der Waals surface area (Å²) in [7, 11) is 1.52. The van der Waals surface area contributed by atoms with Crippen molar-refractivity contribution in [3.8, 4) is 0 Å².